The molecule has 0 saturated heterocycles. The van der Waals surface area contributed by atoms with Crippen molar-refractivity contribution < 1.29 is 5.11 Å². The Kier molecular flexibility index (Phi) is 3.89. The molecule has 2 N–H and O–H groups in total. The zero-order valence-corrected chi connectivity index (χ0v) is 8.07. The molecule has 0 amide bonds. The summed E-state index contributed by atoms with van der Waals surface area (Å²) in [5.74, 6) is 0. The lowest BCUT2D eigenvalue weighted by Gasteiger charge is -2.14. The molecule has 0 aliphatic heterocycles. The molecule has 0 aliphatic rings. The number of aliphatic hydroxyl groups excluding tert-OH is 1. The van der Waals surface area contributed by atoms with E-state index < -0.39 is 0 Å². The molecular weight excluding hydrogens is 178 g/mol. The first kappa shape index (κ1) is 10.5. The van der Waals surface area contributed by atoms with E-state index in [0.717, 1.165) is 12.1 Å². The summed E-state index contributed by atoms with van der Waals surface area (Å²) in [7, 11) is 0. The fourth-order valence-corrected chi connectivity index (χ4v) is 1.06. The van der Waals surface area contributed by atoms with Crippen LogP contribution in [0.15, 0.2) is 18.3 Å². The number of aliphatic hydroxyl groups is 1. The minimum Gasteiger partial charge on any atom is -0.394 e. The lowest BCUT2D eigenvalue weighted by Crippen LogP contribution is -2.22. The van der Waals surface area contributed by atoms with Crippen molar-refractivity contribution >= 4 is 5.69 Å². The molecule has 4 heteroatoms. The third-order valence-corrected chi connectivity index (χ3v) is 1.96. The topological polar surface area (TPSA) is 68.9 Å². The largest absolute Gasteiger partial charge is 0.394 e. The highest BCUT2D eigenvalue weighted by molar-refractivity contribution is 5.43. The molecule has 0 fully saturated rings. The van der Waals surface area contributed by atoms with E-state index in [-0.39, 0.29) is 12.6 Å². The van der Waals surface area contributed by atoms with E-state index in [0.29, 0.717) is 5.69 Å². The average molecular weight is 191 g/mol. The standard InChI is InChI=1S/C10H13N3O/c1-2-8(7-14)13-10-4-3-9(5-11)12-6-10/h3-4,6,8,13-14H,2,7H2,1H3/t8-/m0/s1. The molecule has 1 rings (SSSR count). The quantitative estimate of drug-likeness (QED) is 0.748. The van der Waals surface area contributed by atoms with Crippen LogP contribution in [0.1, 0.15) is 19.0 Å². The molecule has 0 aromatic carbocycles. The van der Waals surface area contributed by atoms with E-state index >= 15 is 0 Å². The third-order valence-electron chi connectivity index (χ3n) is 1.96. The summed E-state index contributed by atoms with van der Waals surface area (Å²) in [5, 5.41) is 20.6. The van der Waals surface area contributed by atoms with E-state index in [1.165, 1.54) is 0 Å². The van der Waals surface area contributed by atoms with Crippen LogP contribution in [-0.2, 0) is 0 Å². The first-order valence-corrected chi connectivity index (χ1v) is 4.53. The molecule has 74 valence electrons. The van der Waals surface area contributed by atoms with Crippen molar-refractivity contribution in [3.8, 4) is 6.07 Å². The van der Waals surface area contributed by atoms with Crippen molar-refractivity contribution in [1.82, 2.24) is 4.98 Å². The predicted molar refractivity (Wildman–Crippen MR) is 53.7 cm³/mol. The van der Waals surface area contributed by atoms with Gasteiger partial charge < -0.3 is 10.4 Å². The molecule has 1 aromatic rings. The summed E-state index contributed by atoms with van der Waals surface area (Å²) in [6.07, 6.45) is 2.44. The molecule has 0 saturated carbocycles. The van der Waals surface area contributed by atoms with Crippen LogP contribution in [0.25, 0.3) is 0 Å². The maximum absolute atomic E-state index is 8.95. The number of hydrogen-bond donors (Lipinski definition) is 2. The number of anilines is 1. The Balaban J connectivity index is 2.64. The lowest BCUT2D eigenvalue weighted by molar-refractivity contribution is 0.272. The second kappa shape index (κ2) is 5.20. The van der Waals surface area contributed by atoms with Crippen LogP contribution < -0.4 is 5.32 Å². The Morgan fingerprint density at radius 3 is 2.86 bits per heavy atom. The van der Waals surface area contributed by atoms with Crippen LogP contribution >= 0.6 is 0 Å². The van der Waals surface area contributed by atoms with Gasteiger partial charge in [0.1, 0.15) is 11.8 Å². The third kappa shape index (κ3) is 2.71. The summed E-state index contributed by atoms with van der Waals surface area (Å²) in [6.45, 7) is 2.08. The van der Waals surface area contributed by atoms with Crippen molar-refractivity contribution in [2.45, 2.75) is 19.4 Å². The van der Waals surface area contributed by atoms with E-state index in [1.54, 1.807) is 18.3 Å². The van der Waals surface area contributed by atoms with Gasteiger partial charge in [-0.3, -0.25) is 0 Å². The second-order valence-corrected chi connectivity index (χ2v) is 2.98. The summed E-state index contributed by atoms with van der Waals surface area (Å²) < 4.78 is 0. The number of pyridine rings is 1. The van der Waals surface area contributed by atoms with Crippen LogP contribution in [0.2, 0.25) is 0 Å². The first-order valence-electron chi connectivity index (χ1n) is 4.53. The molecular formula is C10H13N3O. The fourth-order valence-electron chi connectivity index (χ4n) is 1.06. The van der Waals surface area contributed by atoms with Gasteiger partial charge in [0.15, 0.2) is 0 Å². The number of rotatable bonds is 4. The van der Waals surface area contributed by atoms with Gasteiger partial charge in [0.2, 0.25) is 0 Å². The van der Waals surface area contributed by atoms with Gasteiger partial charge in [0.05, 0.1) is 18.5 Å². The number of hydrogen-bond acceptors (Lipinski definition) is 4. The molecule has 0 spiro atoms. The molecule has 0 radical (unpaired) electrons. The van der Waals surface area contributed by atoms with Gasteiger partial charge in [-0.1, -0.05) is 6.92 Å². The second-order valence-electron chi connectivity index (χ2n) is 2.98. The minimum atomic E-state index is 0.0461. The van der Waals surface area contributed by atoms with Gasteiger partial charge in [0.25, 0.3) is 0 Å². The Bertz CT molecular complexity index is 311. The van der Waals surface area contributed by atoms with Crippen molar-refractivity contribution in [2.24, 2.45) is 0 Å². The van der Waals surface area contributed by atoms with Gasteiger partial charge in [-0.05, 0) is 18.6 Å². The van der Waals surface area contributed by atoms with Crippen LogP contribution in [0.3, 0.4) is 0 Å². The molecule has 1 aromatic heterocycles. The molecule has 0 bridgehead atoms. The van der Waals surface area contributed by atoms with Crippen molar-refractivity contribution in [2.75, 3.05) is 11.9 Å². The van der Waals surface area contributed by atoms with Crippen molar-refractivity contribution in [1.29, 1.82) is 5.26 Å². The average Bonchev–Trinajstić information content (AvgIpc) is 2.26. The molecule has 14 heavy (non-hydrogen) atoms. The Morgan fingerprint density at radius 2 is 2.43 bits per heavy atom. The van der Waals surface area contributed by atoms with Crippen LogP contribution in [0, 0.1) is 11.3 Å². The Morgan fingerprint density at radius 1 is 1.64 bits per heavy atom. The molecule has 4 nitrogen and oxygen atoms in total. The number of aromatic nitrogens is 1. The van der Waals surface area contributed by atoms with Gasteiger partial charge in [0, 0.05) is 6.04 Å². The van der Waals surface area contributed by atoms with Crippen LogP contribution in [-0.4, -0.2) is 22.7 Å². The maximum atomic E-state index is 8.95. The van der Waals surface area contributed by atoms with Gasteiger partial charge in [-0.25, -0.2) is 4.98 Å². The molecule has 0 unspecified atom stereocenters. The minimum absolute atomic E-state index is 0.0461. The summed E-state index contributed by atoms with van der Waals surface area (Å²) >= 11 is 0. The van der Waals surface area contributed by atoms with Crippen molar-refractivity contribution in [3.05, 3.63) is 24.0 Å². The van der Waals surface area contributed by atoms with E-state index in [1.807, 2.05) is 13.0 Å². The summed E-state index contributed by atoms with van der Waals surface area (Å²) in [6, 6.07) is 5.42. The number of nitrogens with one attached hydrogen (secondary N) is 1. The van der Waals surface area contributed by atoms with Crippen LogP contribution in [0.5, 0.6) is 0 Å². The highest BCUT2D eigenvalue weighted by atomic mass is 16.3. The van der Waals surface area contributed by atoms with E-state index in [4.69, 9.17) is 10.4 Å². The zero-order valence-electron chi connectivity index (χ0n) is 8.07. The number of nitrogens with zero attached hydrogens (tertiary/aromatic N) is 2. The first-order chi connectivity index (χ1) is 6.80. The summed E-state index contributed by atoms with van der Waals surface area (Å²) in [4.78, 5) is 3.91. The Hall–Kier alpha value is -1.60. The lowest BCUT2D eigenvalue weighted by atomic mass is 10.2. The molecule has 1 atom stereocenters. The zero-order chi connectivity index (χ0) is 10.4. The smallest absolute Gasteiger partial charge is 0.140 e. The van der Waals surface area contributed by atoms with Crippen molar-refractivity contribution in [3.63, 3.8) is 0 Å². The Labute approximate surface area is 83.2 Å². The highest BCUT2D eigenvalue weighted by Crippen LogP contribution is 2.08. The fraction of sp³-hybridized carbons (Fsp3) is 0.400. The van der Waals surface area contributed by atoms with E-state index in [9.17, 15) is 0 Å². The van der Waals surface area contributed by atoms with Gasteiger partial charge in [-0.2, -0.15) is 5.26 Å². The maximum Gasteiger partial charge on any atom is 0.140 e. The summed E-state index contributed by atoms with van der Waals surface area (Å²) in [5.41, 5.74) is 1.22. The van der Waals surface area contributed by atoms with Gasteiger partial charge >= 0.3 is 0 Å². The van der Waals surface area contributed by atoms with Gasteiger partial charge in [-0.15, -0.1) is 0 Å². The number of nitriles is 1. The molecule has 1 heterocycles. The monoisotopic (exact) mass is 191 g/mol. The molecule has 0 aliphatic carbocycles. The van der Waals surface area contributed by atoms with E-state index in [2.05, 4.69) is 10.3 Å². The SMILES string of the molecule is CC[C@@H](CO)Nc1ccc(C#N)nc1. The predicted octanol–water partition coefficient (Wildman–Crippen LogP) is 1.14. The normalized spacial score (nSPS) is 11.8. The van der Waals surface area contributed by atoms with Crippen LogP contribution in [0.4, 0.5) is 5.69 Å². The highest BCUT2D eigenvalue weighted by Gasteiger charge is 2.03.